The van der Waals surface area contributed by atoms with Crippen molar-refractivity contribution in [2.45, 2.75) is 38.5 Å². The number of aliphatic hydroxyl groups excluding tert-OH is 1. The molecule has 1 aliphatic carbocycles. The molecule has 0 spiro atoms. The Bertz CT molecular complexity index is 378. The van der Waals surface area contributed by atoms with Crippen LogP contribution in [-0.4, -0.2) is 71.2 Å². The molecule has 2 aliphatic rings. The Kier molecular flexibility index (Phi) is 7.59. The standard InChI is InChI=1S/C15H26N2O4.ClH/c18-10-9-16-5-7-17(8-6-16)13(19)11-15(12-14(20)21)3-1-2-4-15;/h18H,1-12H2,(H,20,21);1H. The zero-order valence-electron chi connectivity index (χ0n) is 13.0. The number of hydrogen-bond acceptors (Lipinski definition) is 4. The van der Waals surface area contributed by atoms with Crippen LogP contribution in [0.25, 0.3) is 0 Å². The fourth-order valence-corrected chi connectivity index (χ4v) is 3.66. The summed E-state index contributed by atoms with van der Waals surface area (Å²) in [7, 11) is 0. The number of rotatable bonds is 6. The third-order valence-electron chi connectivity index (χ3n) is 4.86. The monoisotopic (exact) mass is 334 g/mol. The van der Waals surface area contributed by atoms with Crippen LogP contribution in [0.15, 0.2) is 0 Å². The van der Waals surface area contributed by atoms with Crippen LogP contribution in [0, 0.1) is 5.41 Å². The number of nitrogens with zero attached hydrogens (tertiary/aromatic N) is 2. The van der Waals surface area contributed by atoms with Crippen molar-refractivity contribution in [1.29, 1.82) is 0 Å². The second-order valence-corrected chi connectivity index (χ2v) is 6.40. The van der Waals surface area contributed by atoms with E-state index in [0.29, 0.717) is 26.1 Å². The lowest BCUT2D eigenvalue weighted by Crippen LogP contribution is -2.50. The third-order valence-corrected chi connectivity index (χ3v) is 4.86. The van der Waals surface area contributed by atoms with Gasteiger partial charge in [0, 0.05) is 39.1 Å². The average molecular weight is 335 g/mol. The van der Waals surface area contributed by atoms with Crippen LogP contribution in [0.1, 0.15) is 38.5 Å². The van der Waals surface area contributed by atoms with Crippen molar-refractivity contribution in [1.82, 2.24) is 9.80 Å². The molecule has 2 fully saturated rings. The van der Waals surface area contributed by atoms with Crippen LogP contribution in [0.5, 0.6) is 0 Å². The smallest absolute Gasteiger partial charge is 0.303 e. The summed E-state index contributed by atoms with van der Waals surface area (Å²) in [5.41, 5.74) is -0.314. The summed E-state index contributed by atoms with van der Waals surface area (Å²) in [6.07, 6.45) is 4.27. The molecule has 0 atom stereocenters. The van der Waals surface area contributed by atoms with E-state index in [0.717, 1.165) is 38.8 Å². The van der Waals surface area contributed by atoms with Crippen LogP contribution >= 0.6 is 12.4 Å². The zero-order chi connectivity index (χ0) is 15.3. The second kappa shape index (κ2) is 8.70. The molecule has 0 bridgehead atoms. The summed E-state index contributed by atoms with van der Waals surface area (Å²) in [4.78, 5) is 27.6. The van der Waals surface area contributed by atoms with Crippen LogP contribution in [0.3, 0.4) is 0 Å². The first-order valence-electron chi connectivity index (χ1n) is 7.87. The van der Waals surface area contributed by atoms with Gasteiger partial charge in [0.05, 0.1) is 13.0 Å². The largest absolute Gasteiger partial charge is 0.481 e. The number of carboxylic acids is 1. The number of piperazine rings is 1. The predicted octanol–water partition coefficient (Wildman–Crippen LogP) is 0.970. The van der Waals surface area contributed by atoms with Gasteiger partial charge < -0.3 is 15.1 Å². The van der Waals surface area contributed by atoms with Gasteiger partial charge in [-0.2, -0.15) is 0 Å². The molecule has 0 radical (unpaired) electrons. The van der Waals surface area contributed by atoms with Gasteiger partial charge in [-0.05, 0) is 18.3 Å². The summed E-state index contributed by atoms with van der Waals surface area (Å²) in [5, 5.41) is 18.0. The number of carbonyl (C=O) groups is 2. The van der Waals surface area contributed by atoms with Crippen molar-refractivity contribution < 1.29 is 19.8 Å². The van der Waals surface area contributed by atoms with E-state index >= 15 is 0 Å². The molecule has 0 unspecified atom stereocenters. The van der Waals surface area contributed by atoms with Gasteiger partial charge in [-0.15, -0.1) is 12.4 Å². The maximum Gasteiger partial charge on any atom is 0.303 e. The maximum atomic E-state index is 12.5. The Labute approximate surface area is 137 Å². The molecule has 22 heavy (non-hydrogen) atoms. The van der Waals surface area contributed by atoms with E-state index in [1.165, 1.54) is 0 Å². The van der Waals surface area contributed by atoms with Crippen molar-refractivity contribution in [3.63, 3.8) is 0 Å². The third kappa shape index (κ3) is 5.11. The van der Waals surface area contributed by atoms with Gasteiger partial charge in [-0.25, -0.2) is 0 Å². The Hall–Kier alpha value is -0.850. The molecular formula is C15H27ClN2O4. The number of amides is 1. The highest BCUT2D eigenvalue weighted by atomic mass is 35.5. The van der Waals surface area contributed by atoms with Gasteiger partial charge in [0.15, 0.2) is 0 Å². The van der Waals surface area contributed by atoms with E-state index in [-0.39, 0.29) is 36.8 Å². The molecule has 0 aromatic carbocycles. The highest BCUT2D eigenvalue weighted by molar-refractivity contribution is 5.85. The molecule has 2 N–H and O–H groups in total. The average Bonchev–Trinajstić information content (AvgIpc) is 2.87. The highest BCUT2D eigenvalue weighted by Gasteiger charge is 2.39. The van der Waals surface area contributed by atoms with Crippen LogP contribution in [0.2, 0.25) is 0 Å². The van der Waals surface area contributed by atoms with Gasteiger partial charge in [0.2, 0.25) is 5.91 Å². The Morgan fingerprint density at radius 1 is 1.00 bits per heavy atom. The number of carboxylic acid groups (broad SMARTS) is 1. The topological polar surface area (TPSA) is 81.1 Å². The minimum absolute atomic E-state index is 0. The van der Waals surface area contributed by atoms with Gasteiger partial charge in [0.1, 0.15) is 0 Å². The Morgan fingerprint density at radius 3 is 2.09 bits per heavy atom. The van der Waals surface area contributed by atoms with Crippen LogP contribution in [0.4, 0.5) is 0 Å². The van der Waals surface area contributed by atoms with E-state index in [9.17, 15) is 9.59 Å². The zero-order valence-corrected chi connectivity index (χ0v) is 13.8. The van der Waals surface area contributed by atoms with Gasteiger partial charge in [0.25, 0.3) is 0 Å². The van der Waals surface area contributed by atoms with E-state index in [2.05, 4.69) is 4.90 Å². The Morgan fingerprint density at radius 2 is 1.59 bits per heavy atom. The quantitative estimate of drug-likeness (QED) is 0.756. The number of carbonyl (C=O) groups excluding carboxylic acids is 1. The Balaban J connectivity index is 0.00000242. The normalized spacial score (nSPS) is 21.4. The number of β-amino-alcohol motifs (C(OH)–C–C–N with tert-alkyl or cyclic N) is 1. The molecule has 6 nitrogen and oxygen atoms in total. The summed E-state index contributed by atoms with van der Waals surface area (Å²) in [6, 6.07) is 0. The van der Waals surface area contributed by atoms with Crippen molar-refractivity contribution in [3.8, 4) is 0 Å². The van der Waals surface area contributed by atoms with Crippen molar-refractivity contribution >= 4 is 24.3 Å². The van der Waals surface area contributed by atoms with E-state index in [1.807, 2.05) is 4.90 Å². The van der Waals surface area contributed by atoms with E-state index in [1.54, 1.807) is 0 Å². The number of aliphatic carboxylic acids is 1. The number of hydrogen-bond donors (Lipinski definition) is 2. The van der Waals surface area contributed by atoms with Gasteiger partial charge in [-0.1, -0.05) is 12.8 Å². The molecule has 1 saturated carbocycles. The molecule has 1 heterocycles. The number of halogens is 1. The van der Waals surface area contributed by atoms with Gasteiger partial charge in [-0.3, -0.25) is 14.5 Å². The molecule has 0 aromatic rings. The first kappa shape index (κ1) is 19.2. The van der Waals surface area contributed by atoms with Gasteiger partial charge >= 0.3 is 5.97 Å². The van der Waals surface area contributed by atoms with E-state index in [4.69, 9.17) is 10.2 Å². The lowest BCUT2D eigenvalue weighted by molar-refractivity contribution is -0.142. The fourth-order valence-electron chi connectivity index (χ4n) is 3.66. The van der Waals surface area contributed by atoms with Crippen LogP contribution in [-0.2, 0) is 9.59 Å². The summed E-state index contributed by atoms with van der Waals surface area (Å²) < 4.78 is 0. The van der Waals surface area contributed by atoms with Crippen molar-refractivity contribution in [3.05, 3.63) is 0 Å². The minimum Gasteiger partial charge on any atom is -0.481 e. The lowest BCUT2D eigenvalue weighted by Gasteiger charge is -2.36. The first-order valence-corrected chi connectivity index (χ1v) is 7.87. The first-order chi connectivity index (χ1) is 10.0. The summed E-state index contributed by atoms with van der Waals surface area (Å²) in [5.74, 6) is -0.695. The summed E-state index contributed by atoms with van der Waals surface area (Å²) >= 11 is 0. The predicted molar refractivity (Wildman–Crippen MR) is 85.1 cm³/mol. The second-order valence-electron chi connectivity index (χ2n) is 6.40. The van der Waals surface area contributed by atoms with Crippen LogP contribution < -0.4 is 0 Å². The summed E-state index contributed by atoms with van der Waals surface area (Å²) in [6.45, 7) is 3.75. The molecule has 128 valence electrons. The highest BCUT2D eigenvalue weighted by Crippen LogP contribution is 2.44. The molecular weight excluding hydrogens is 308 g/mol. The van der Waals surface area contributed by atoms with Crippen molar-refractivity contribution in [2.24, 2.45) is 5.41 Å². The molecule has 2 rings (SSSR count). The molecule has 1 saturated heterocycles. The molecule has 7 heteroatoms. The fraction of sp³-hybridized carbons (Fsp3) is 0.867. The molecule has 1 aliphatic heterocycles. The minimum atomic E-state index is -0.794. The molecule has 1 amide bonds. The SMILES string of the molecule is Cl.O=C(O)CC1(CC(=O)N2CCN(CCO)CC2)CCCC1. The molecule has 0 aromatic heterocycles. The maximum absolute atomic E-state index is 12.5. The lowest BCUT2D eigenvalue weighted by atomic mass is 9.79. The van der Waals surface area contributed by atoms with Crippen molar-refractivity contribution in [2.75, 3.05) is 39.3 Å². The van der Waals surface area contributed by atoms with E-state index < -0.39 is 5.97 Å². The number of aliphatic hydroxyl groups is 1.